The summed E-state index contributed by atoms with van der Waals surface area (Å²) in [5.41, 5.74) is 4.89. The van der Waals surface area contributed by atoms with Gasteiger partial charge >= 0.3 is 5.97 Å². The number of nitrogens with two attached hydrogens (primary N) is 1. The number of hydrogen-bond acceptors (Lipinski definition) is 7. The van der Waals surface area contributed by atoms with E-state index in [9.17, 15) is 19.5 Å². The van der Waals surface area contributed by atoms with Crippen LogP contribution in [0, 0.1) is 11.8 Å². The van der Waals surface area contributed by atoms with Gasteiger partial charge in [0.1, 0.15) is 0 Å². The molecule has 2 aliphatic carbocycles. The van der Waals surface area contributed by atoms with Crippen LogP contribution >= 0.6 is 0 Å². The van der Waals surface area contributed by atoms with Gasteiger partial charge in [-0.3, -0.25) is 14.5 Å². The largest absolute Gasteiger partial charge is 0.476 e. The molecule has 10 nitrogen and oxygen atoms in total. The van der Waals surface area contributed by atoms with E-state index < -0.39 is 29.8 Å². The van der Waals surface area contributed by atoms with E-state index in [1.165, 1.54) is 38.5 Å². The van der Waals surface area contributed by atoms with Crippen LogP contribution in [0.15, 0.2) is 34.2 Å². The van der Waals surface area contributed by atoms with Crippen molar-refractivity contribution in [2.45, 2.75) is 88.4 Å². The van der Waals surface area contributed by atoms with E-state index in [-0.39, 0.29) is 17.8 Å². The number of para-hydroxylation sites is 2. The third-order valence-electron chi connectivity index (χ3n) is 9.24. The van der Waals surface area contributed by atoms with Gasteiger partial charge in [0.15, 0.2) is 12.3 Å². The van der Waals surface area contributed by atoms with Crippen molar-refractivity contribution in [2.75, 3.05) is 6.61 Å². The smallest absolute Gasteiger partial charge is 0.360 e. The Kier molecular flexibility index (Phi) is 6.67. The number of primary amides is 1. The number of amides is 1. The van der Waals surface area contributed by atoms with Crippen molar-refractivity contribution in [1.82, 2.24) is 14.5 Å². The standard InChI is InChI=1S/C28H35N5O5/c29-24(34)15-38-31-26(28(36)37)25-27(35)33(21-9-2-1-8-20(21)30-25)23-14-18-7-4-10-22(23)32(18)19-12-16-5-3-6-17(11-16)13-19/h1-2,8-9,16-19,22-23H,3-7,10-15H2,(H2,29,34)(H,36,37)/b31-26-/t16?,17?,18-,19?,22+,23+/m0/s1. The number of carbonyl (C=O) groups is 2. The van der Waals surface area contributed by atoms with Crippen molar-refractivity contribution in [3.05, 3.63) is 40.3 Å². The van der Waals surface area contributed by atoms with Crippen LogP contribution in [0.25, 0.3) is 11.0 Å². The van der Waals surface area contributed by atoms with E-state index in [0.717, 1.165) is 37.5 Å². The predicted octanol–water partition coefficient (Wildman–Crippen LogP) is 2.82. The molecule has 2 aliphatic heterocycles. The summed E-state index contributed by atoms with van der Waals surface area (Å²) < 4.78 is 1.77. The fourth-order valence-electron chi connectivity index (χ4n) is 7.97. The van der Waals surface area contributed by atoms with Crippen LogP contribution in [-0.4, -0.2) is 61.9 Å². The highest BCUT2D eigenvalue weighted by atomic mass is 16.6. The van der Waals surface area contributed by atoms with Gasteiger partial charge in [-0.05, 0) is 62.5 Å². The number of hydrogen-bond donors (Lipinski definition) is 2. The molecule has 3 heterocycles. The van der Waals surface area contributed by atoms with Gasteiger partial charge in [-0.2, -0.15) is 0 Å². The molecular weight excluding hydrogens is 486 g/mol. The zero-order valence-electron chi connectivity index (χ0n) is 21.5. The number of nitrogens with zero attached hydrogens (tertiary/aromatic N) is 4. The highest BCUT2D eigenvalue weighted by Crippen LogP contribution is 2.49. The Morgan fingerprint density at radius 3 is 2.47 bits per heavy atom. The first-order valence-electron chi connectivity index (χ1n) is 13.9. The maximum Gasteiger partial charge on any atom is 0.360 e. The maximum absolute atomic E-state index is 14.0. The van der Waals surface area contributed by atoms with Gasteiger partial charge in [0, 0.05) is 18.1 Å². The molecule has 0 radical (unpaired) electrons. The van der Waals surface area contributed by atoms with Gasteiger partial charge in [-0.1, -0.05) is 43.0 Å². The molecule has 202 valence electrons. The third-order valence-corrected chi connectivity index (χ3v) is 9.24. The number of carbonyl (C=O) groups excluding carboxylic acids is 1. The molecule has 4 fully saturated rings. The number of piperidine rings is 1. The first-order valence-corrected chi connectivity index (χ1v) is 13.9. The summed E-state index contributed by atoms with van der Waals surface area (Å²) in [6.07, 6.45) is 12.1. The topological polar surface area (TPSA) is 140 Å². The molecule has 2 saturated heterocycles. The van der Waals surface area contributed by atoms with Gasteiger partial charge in [0.05, 0.1) is 17.1 Å². The molecule has 6 rings (SSSR count). The molecule has 10 heteroatoms. The van der Waals surface area contributed by atoms with Gasteiger partial charge in [-0.15, -0.1) is 0 Å². The number of aromatic nitrogens is 2. The molecule has 2 aromatic rings. The van der Waals surface area contributed by atoms with E-state index in [0.29, 0.717) is 23.1 Å². The highest BCUT2D eigenvalue weighted by molar-refractivity contribution is 6.41. The minimum Gasteiger partial charge on any atom is -0.476 e. The Bertz CT molecular complexity index is 1330. The lowest BCUT2D eigenvalue weighted by molar-refractivity contribution is -0.130. The molecule has 2 unspecified atom stereocenters. The summed E-state index contributed by atoms with van der Waals surface area (Å²) in [5, 5.41) is 13.4. The molecule has 4 bridgehead atoms. The van der Waals surface area contributed by atoms with Crippen LogP contribution in [0.3, 0.4) is 0 Å². The summed E-state index contributed by atoms with van der Waals surface area (Å²) in [6.45, 7) is -0.594. The predicted molar refractivity (Wildman–Crippen MR) is 141 cm³/mol. The lowest BCUT2D eigenvalue weighted by Gasteiger charge is -2.48. The second-order valence-electron chi connectivity index (χ2n) is 11.5. The van der Waals surface area contributed by atoms with E-state index in [2.05, 4.69) is 15.0 Å². The van der Waals surface area contributed by atoms with Crippen molar-refractivity contribution in [3.8, 4) is 0 Å². The molecule has 5 atom stereocenters. The van der Waals surface area contributed by atoms with Crippen LogP contribution in [0.2, 0.25) is 0 Å². The number of carboxylic acid groups (broad SMARTS) is 1. The SMILES string of the molecule is NC(=O)CO/N=C(\C(=O)O)c1nc2ccccc2n([C@@H]2C[C@@H]3CCC[C@H]2N3C2CC3CCCC(C3)C2)c1=O. The maximum atomic E-state index is 14.0. The van der Waals surface area contributed by atoms with Crippen LogP contribution in [-0.2, 0) is 14.4 Å². The highest BCUT2D eigenvalue weighted by Gasteiger charge is 2.49. The van der Waals surface area contributed by atoms with Crippen LogP contribution in [0.5, 0.6) is 0 Å². The van der Waals surface area contributed by atoms with Crippen LogP contribution in [0.4, 0.5) is 0 Å². The van der Waals surface area contributed by atoms with Crippen LogP contribution < -0.4 is 11.3 Å². The van der Waals surface area contributed by atoms with Gasteiger partial charge in [0.2, 0.25) is 5.71 Å². The van der Waals surface area contributed by atoms with Crippen molar-refractivity contribution in [2.24, 2.45) is 22.7 Å². The lowest BCUT2D eigenvalue weighted by Crippen LogP contribution is -2.51. The molecule has 4 aliphatic rings. The zero-order chi connectivity index (χ0) is 26.4. The molecule has 2 saturated carbocycles. The Balaban J connectivity index is 1.41. The zero-order valence-corrected chi connectivity index (χ0v) is 21.5. The number of carboxylic acids is 1. The third kappa shape index (κ3) is 4.48. The summed E-state index contributed by atoms with van der Waals surface area (Å²) in [6, 6.07) is 8.48. The Hall–Kier alpha value is -3.27. The molecule has 38 heavy (non-hydrogen) atoms. The molecule has 3 N–H and O–H groups in total. The summed E-state index contributed by atoms with van der Waals surface area (Å²) in [4.78, 5) is 49.2. The quantitative estimate of drug-likeness (QED) is 0.422. The number of oxime groups is 1. The Morgan fingerprint density at radius 2 is 1.74 bits per heavy atom. The number of aliphatic carboxylic acids is 1. The number of benzene rings is 1. The van der Waals surface area contributed by atoms with Crippen molar-refractivity contribution in [1.29, 1.82) is 0 Å². The van der Waals surface area contributed by atoms with Gasteiger partial charge in [-0.25, -0.2) is 9.78 Å². The monoisotopic (exact) mass is 521 g/mol. The second-order valence-corrected chi connectivity index (χ2v) is 11.5. The van der Waals surface area contributed by atoms with Crippen molar-refractivity contribution >= 4 is 28.6 Å². The molecule has 1 aromatic heterocycles. The fraction of sp³-hybridized carbons (Fsp3) is 0.607. The van der Waals surface area contributed by atoms with E-state index in [1.54, 1.807) is 10.6 Å². The minimum absolute atomic E-state index is 0.0787. The number of rotatable bonds is 7. The average Bonchev–Trinajstić information content (AvgIpc) is 3.10. The first-order chi connectivity index (χ1) is 18.4. The Labute approximate surface area is 220 Å². The average molecular weight is 522 g/mol. The number of fused-ring (bicyclic) bond motifs is 5. The summed E-state index contributed by atoms with van der Waals surface area (Å²) >= 11 is 0. The molecular formula is C28H35N5O5. The summed E-state index contributed by atoms with van der Waals surface area (Å²) in [5.74, 6) is -0.620. The van der Waals surface area contributed by atoms with Crippen LogP contribution in [0.1, 0.15) is 75.9 Å². The molecule has 0 spiro atoms. The van der Waals surface area contributed by atoms with Crippen molar-refractivity contribution < 1.29 is 19.5 Å². The first kappa shape index (κ1) is 25.0. The van der Waals surface area contributed by atoms with Gasteiger partial charge < -0.3 is 20.2 Å². The van der Waals surface area contributed by atoms with E-state index in [4.69, 9.17) is 10.6 Å². The normalized spacial score (nSPS) is 31.3. The van der Waals surface area contributed by atoms with E-state index in [1.807, 2.05) is 18.2 Å². The van der Waals surface area contributed by atoms with Gasteiger partial charge in [0.25, 0.3) is 11.5 Å². The summed E-state index contributed by atoms with van der Waals surface area (Å²) in [7, 11) is 0. The second kappa shape index (κ2) is 10.1. The van der Waals surface area contributed by atoms with Crippen molar-refractivity contribution in [3.63, 3.8) is 0 Å². The molecule has 1 amide bonds. The molecule has 1 aromatic carbocycles. The van der Waals surface area contributed by atoms with E-state index >= 15 is 0 Å². The Morgan fingerprint density at radius 1 is 1.00 bits per heavy atom. The minimum atomic E-state index is -1.46. The fourth-order valence-corrected chi connectivity index (χ4v) is 7.97. The lowest BCUT2D eigenvalue weighted by atomic mass is 9.69.